The van der Waals surface area contributed by atoms with Crippen molar-refractivity contribution in [2.24, 2.45) is 0 Å². The third-order valence-corrected chi connectivity index (χ3v) is 5.79. The van der Waals surface area contributed by atoms with Gasteiger partial charge in [0.05, 0.1) is 25.3 Å². The highest BCUT2D eigenvalue weighted by Gasteiger charge is 2.12. The third kappa shape index (κ3) is 4.95. The number of aromatic nitrogens is 2. The Bertz CT molecular complexity index is 1210. The van der Waals surface area contributed by atoms with E-state index in [9.17, 15) is 0 Å². The van der Waals surface area contributed by atoms with E-state index >= 15 is 0 Å². The zero-order valence-corrected chi connectivity index (χ0v) is 18.8. The molecule has 1 aromatic heterocycles. The number of nitrogens with one attached hydrogen (secondary N) is 2. The predicted octanol–water partition coefficient (Wildman–Crippen LogP) is 6.47. The topological polar surface area (TPSA) is 68.3 Å². The number of anilines is 3. The van der Waals surface area contributed by atoms with Gasteiger partial charge >= 0.3 is 0 Å². The van der Waals surface area contributed by atoms with Crippen LogP contribution in [0.1, 0.15) is 5.56 Å². The van der Waals surface area contributed by atoms with E-state index in [1.165, 1.54) is 11.9 Å². The first-order chi connectivity index (χ1) is 15.1. The van der Waals surface area contributed by atoms with Gasteiger partial charge in [-0.25, -0.2) is 9.97 Å². The number of hydrogen-bond donors (Lipinski definition) is 2. The monoisotopic (exact) mass is 452 g/mol. The van der Waals surface area contributed by atoms with Gasteiger partial charge in [-0.2, -0.15) is 0 Å². The van der Waals surface area contributed by atoms with Crippen molar-refractivity contribution in [2.75, 3.05) is 24.3 Å². The van der Waals surface area contributed by atoms with E-state index in [1.807, 2.05) is 67.6 Å². The first-order valence-corrected chi connectivity index (χ1v) is 10.7. The molecule has 31 heavy (non-hydrogen) atoms. The van der Waals surface area contributed by atoms with Crippen molar-refractivity contribution in [3.8, 4) is 11.5 Å². The van der Waals surface area contributed by atoms with E-state index in [4.69, 9.17) is 31.0 Å². The Balaban J connectivity index is 1.68. The van der Waals surface area contributed by atoms with Gasteiger partial charge in [0, 0.05) is 33.8 Å². The number of nitrogens with zero attached hydrogens (tertiary/aromatic N) is 2. The molecule has 158 valence electrons. The van der Waals surface area contributed by atoms with E-state index in [1.54, 1.807) is 14.2 Å². The van der Waals surface area contributed by atoms with Gasteiger partial charge in [0.25, 0.3) is 0 Å². The molecule has 0 amide bonds. The van der Waals surface area contributed by atoms with Gasteiger partial charge < -0.3 is 19.5 Å². The molecule has 0 saturated heterocycles. The average molecular weight is 453 g/mol. The minimum atomic E-state index is 0.583. The van der Waals surface area contributed by atoms with Gasteiger partial charge in [0.15, 0.2) is 11.6 Å². The van der Waals surface area contributed by atoms with Crippen molar-refractivity contribution in [1.82, 2.24) is 9.97 Å². The smallest absolute Gasteiger partial charge is 0.180 e. The highest BCUT2D eigenvalue weighted by Crippen LogP contribution is 2.33. The number of fused-ring (bicyclic) bond motifs is 1. The van der Waals surface area contributed by atoms with Crippen LogP contribution in [0.25, 0.3) is 11.0 Å². The lowest BCUT2D eigenvalue weighted by Gasteiger charge is -2.14. The molecule has 0 fully saturated rings. The van der Waals surface area contributed by atoms with Crippen molar-refractivity contribution in [2.45, 2.75) is 11.8 Å². The van der Waals surface area contributed by atoms with E-state index < -0.39 is 0 Å². The van der Waals surface area contributed by atoms with Gasteiger partial charge in [-0.15, -0.1) is 0 Å². The largest absolute Gasteiger partial charge is 0.497 e. The molecule has 0 atom stereocenters. The molecule has 3 aromatic carbocycles. The Kier molecular flexibility index (Phi) is 6.34. The van der Waals surface area contributed by atoms with Crippen LogP contribution in [-0.4, -0.2) is 24.2 Å². The van der Waals surface area contributed by atoms with E-state index in [0.717, 1.165) is 32.2 Å². The summed E-state index contributed by atoms with van der Waals surface area (Å²) < 4.78 is 14.1. The zero-order chi connectivity index (χ0) is 21.8. The van der Waals surface area contributed by atoms with Gasteiger partial charge in [-0.05, 0) is 48.7 Å². The Morgan fingerprint density at radius 3 is 2.10 bits per heavy atom. The van der Waals surface area contributed by atoms with Crippen LogP contribution in [-0.2, 0) is 0 Å². The molecule has 2 N–H and O–H groups in total. The number of hydrogen-bond acceptors (Lipinski definition) is 7. The third-order valence-electron chi connectivity index (χ3n) is 4.59. The summed E-state index contributed by atoms with van der Waals surface area (Å²) in [6.45, 7) is 1.98. The molecule has 0 unspecified atom stereocenters. The fourth-order valence-electron chi connectivity index (χ4n) is 2.92. The van der Waals surface area contributed by atoms with Crippen LogP contribution in [0.2, 0.25) is 5.02 Å². The number of benzene rings is 3. The summed E-state index contributed by atoms with van der Waals surface area (Å²) in [4.78, 5) is 10.5. The van der Waals surface area contributed by atoms with E-state index in [0.29, 0.717) is 23.1 Å². The van der Waals surface area contributed by atoms with Crippen LogP contribution in [0.5, 0.6) is 11.5 Å². The first-order valence-electron chi connectivity index (χ1n) is 9.51. The zero-order valence-electron chi connectivity index (χ0n) is 17.3. The van der Waals surface area contributed by atoms with Crippen LogP contribution in [0.3, 0.4) is 0 Å². The second-order valence-electron chi connectivity index (χ2n) is 6.75. The Hall–Kier alpha value is -3.16. The standard InChI is InChI=1S/C23H21ClN4O2S/c1-14-8-9-18(13-19(14)24)31-28-23-22(26-20-6-4-5-7-21(20)27-23)25-15-10-16(29-2)12-17(11-15)30-3/h4-13H,1-3H3,(H,25,26)(H,27,28). The Labute approximate surface area is 190 Å². The average Bonchev–Trinajstić information content (AvgIpc) is 2.79. The summed E-state index contributed by atoms with van der Waals surface area (Å²) in [6.07, 6.45) is 0. The van der Waals surface area contributed by atoms with Crippen molar-refractivity contribution in [3.63, 3.8) is 0 Å². The molecule has 0 radical (unpaired) electrons. The molecule has 1 heterocycles. The summed E-state index contributed by atoms with van der Waals surface area (Å²) in [7, 11) is 3.23. The second kappa shape index (κ2) is 9.32. The molecule has 8 heteroatoms. The molecular weight excluding hydrogens is 432 g/mol. The van der Waals surface area contributed by atoms with Crippen LogP contribution in [0.15, 0.2) is 65.6 Å². The molecule has 0 bridgehead atoms. The van der Waals surface area contributed by atoms with Gasteiger partial charge in [-0.1, -0.05) is 29.8 Å². The normalized spacial score (nSPS) is 10.7. The molecule has 0 aliphatic heterocycles. The lowest BCUT2D eigenvalue weighted by Crippen LogP contribution is -2.02. The lowest BCUT2D eigenvalue weighted by atomic mass is 10.2. The number of ether oxygens (including phenoxy) is 2. The molecule has 0 spiro atoms. The van der Waals surface area contributed by atoms with Crippen LogP contribution in [0, 0.1) is 6.92 Å². The van der Waals surface area contributed by atoms with E-state index in [2.05, 4.69) is 10.0 Å². The van der Waals surface area contributed by atoms with Gasteiger partial charge in [0.1, 0.15) is 11.5 Å². The van der Waals surface area contributed by atoms with Crippen LogP contribution < -0.4 is 19.5 Å². The lowest BCUT2D eigenvalue weighted by molar-refractivity contribution is 0.395. The van der Waals surface area contributed by atoms with Crippen LogP contribution in [0.4, 0.5) is 17.3 Å². The Morgan fingerprint density at radius 2 is 1.48 bits per heavy atom. The van der Waals surface area contributed by atoms with Crippen LogP contribution >= 0.6 is 23.5 Å². The molecule has 0 aliphatic carbocycles. The van der Waals surface area contributed by atoms with Crippen molar-refractivity contribution in [3.05, 3.63) is 71.2 Å². The summed E-state index contributed by atoms with van der Waals surface area (Å²) in [6, 6.07) is 19.2. The number of halogens is 1. The SMILES string of the molecule is COc1cc(Nc2nc3ccccc3nc2NSc2ccc(C)c(Cl)c2)cc(OC)c1. The van der Waals surface area contributed by atoms with Gasteiger partial charge in [-0.3, -0.25) is 0 Å². The minimum Gasteiger partial charge on any atom is -0.497 e. The van der Waals surface area contributed by atoms with E-state index in [-0.39, 0.29) is 0 Å². The minimum absolute atomic E-state index is 0.583. The first kappa shape index (κ1) is 21.1. The number of para-hydroxylation sites is 2. The molecule has 0 aliphatic rings. The number of rotatable bonds is 7. The number of aryl methyl sites for hydroxylation is 1. The molecule has 4 aromatic rings. The maximum Gasteiger partial charge on any atom is 0.180 e. The Morgan fingerprint density at radius 1 is 0.839 bits per heavy atom. The molecular formula is C23H21ClN4O2S. The molecule has 6 nitrogen and oxygen atoms in total. The fourth-order valence-corrected chi connectivity index (χ4v) is 3.83. The molecule has 4 rings (SSSR count). The summed E-state index contributed by atoms with van der Waals surface area (Å²) in [5.74, 6) is 2.53. The maximum absolute atomic E-state index is 6.26. The quantitative estimate of drug-likeness (QED) is 0.311. The van der Waals surface area contributed by atoms with Crippen molar-refractivity contribution >= 4 is 51.9 Å². The summed E-state index contributed by atoms with van der Waals surface area (Å²) >= 11 is 7.68. The highest BCUT2D eigenvalue weighted by molar-refractivity contribution is 8.00. The van der Waals surface area contributed by atoms with Crippen molar-refractivity contribution in [1.29, 1.82) is 0 Å². The van der Waals surface area contributed by atoms with Gasteiger partial charge in [0.2, 0.25) is 0 Å². The fraction of sp³-hybridized carbons (Fsp3) is 0.130. The second-order valence-corrected chi connectivity index (χ2v) is 8.04. The van der Waals surface area contributed by atoms with Crippen molar-refractivity contribution < 1.29 is 9.47 Å². The predicted molar refractivity (Wildman–Crippen MR) is 128 cm³/mol. The highest BCUT2D eigenvalue weighted by atomic mass is 35.5. The summed E-state index contributed by atoms with van der Waals surface area (Å²) in [5, 5.41) is 4.06. The number of methoxy groups -OCH3 is 2. The summed E-state index contributed by atoms with van der Waals surface area (Å²) in [5.41, 5.74) is 3.38. The maximum atomic E-state index is 6.26. The molecule has 0 saturated carbocycles.